The zero-order chi connectivity index (χ0) is 17.1. The van der Waals surface area contributed by atoms with Crippen LogP contribution >= 0.6 is 0 Å². The molecule has 1 amide bonds. The van der Waals surface area contributed by atoms with Crippen molar-refractivity contribution in [3.63, 3.8) is 0 Å². The largest absolute Gasteiger partial charge is 0.426 e. The van der Waals surface area contributed by atoms with Crippen LogP contribution in [-0.4, -0.2) is 58.6 Å². The van der Waals surface area contributed by atoms with Gasteiger partial charge in [-0.2, -0.15) is 0 Å². The molecule has 0 N–H and O–H groups in total. The number of hydrogen-bond acceptors (Lipinski definition) is 5. The zero-order valence-corrected chi connectivity index (χ0v) is 13.3. The first-order valence-corrected chi connectivity index (χ1v) is 7.78. The van der Waals surface area contributed by atoms with Crippen LogP contribution in [-0.2, 0) is 6.42 Å². The minimum absolute atomic E-state index is 0.170. The van der Waals surface area contributed by atoms with Crippen LogP contribution in [0.25, 0.3) is 0 Å². The van der Waals surface area contributed by atoms with Crippen molar-refractivity contribution < 1.29 is 18.0 Å². The molecule has 1 aromatic carbocycles. The van der Waals surface area contributed by atoms with E-state index in [-0.39, 0.29) is 11.5 Å². The molecule has 6 nitrogen and oxygen atoms in total. The molecule has 0 unspecified atom stereocenters. The number of aryl methyl sites for hydroxylation is 1. The molecular formula is C16H18F2N4O2. The number of rotatable bonds is 4. The second-order valence-corrected chi connectivity index (χ2v) is 5.73. The summed E-state index contributed by atoms with van der Waals surface area (Å²) in [5.74, 6) is -1.08. The zero-order valence-electron chi connectivity index (χ0n) is 13.3. The van der Waals surface area contributed by atoms with Gasteiger partial charge in [0.15, 0.2) is 11.6 Å². The SMILES string of the molecule is Cc1nnc(CCN2CCN(C(=O)c3ccc(F)c(F)c3)CC2)o1. The Labute approximate surface area is 138 Å². The maximum Gasteiger partial charge on any atom is 0.254 e. The Morgan fingerprint density at radius 3 is 2.54 bits per heavy atom. The van der Waals surface area contributed by atoms with E-state index in [4.69, 9.17) is 4.42 Å². The smallest absolute Gasteiger partial charge is 0.254 e. The molecule has 1 aromatic heterocycles. The summed E-state index contributed by atoms with van der Waals surface area (Å²) >= 11 is 0. The Morgan fingerprint density at radius 1 is 1.17 bits per heavy atom. The first-order chi connectivity index (χ1) is 11.5. The van der Waals surface area contributed by atoms with E-state index in [0.717, 1.165) is 18.7 Å². The number of aromatic nitrogens is 2. The van der Waals surface area contributed by atoms with E-state index < -0.39 is 11.6 Å². The highest BCUT2D eigenvalue weighted by atomic mass is 19.2. The van der Waals surface area contributed by atoms with E-state index in [1.807, 2.05) is 0 Å². The summed E-state index contributed by atoms with van der Waals surface area (Å²) in [6.45, 7) is 5.03. The minimum atomic E-state index is -1.01. The van der Waals surface area contributed by atoms with Gasteiger partial charge in [-0.15, -0.1) is 10.2 Å². The molecule has 0 spiro atoms. The highest BCUT2D eigenvalue weighted by Gasteiger charge is 2.23. The molecule has 2 aromatic rings. The molecule has 128 valence electrons. The Hall–Kier alpha value is -2.35. The molecule has 24 heavy (non-hydrogen) atoms. The van der Waals surface area contributed by atoms with Crippen molar-refractivity contribution in [1.82, 2.24) is 20.0 Å². The van der Waals surface area contributed by atoms with Gasteiger partial charge in [0.05, 0.1) is 0 Å². The number of benzene rings is 1. The first-order valence-electron chi connectivity index (χ1n) is 7.78. The number of piperazine rings is 1. The summed E-state index contributed by atoms with van der Waals surface area (Å²) in [6.07, 6.45) is 0.665. The quantitative estimate of drug-likeness (QED) is 0.850. The molecule has 1 aliphatic heterocycles. The molecule has 3 rings (SSSR count). The summed E-state index contributed by atoms with van der Waals surface area (Å²) in [7, 11) is 0. The van der Waals surface area contributed by atoms with Crippen LogP contribution in [0.5, 0.6) is 0 Å². The molecule has 8 heteroatoms. The van der Waals surface area contributed by atoms with E-state index in [0.29, 0.717) is 44.4 Å². The van der Waals surface area contributed by atoms with Crippen LogP contribution in [0.15, 0.2) is 22.6 Å². The van der Waals surface area contributed by atoms with Gasteiger partial charge in [-0.1, -0.05) is 0 Å². The van der Waals surface area contributed by atoms with Crippen molar-refractivity contribution in [2.24, 2.45) is 0 Å². The topological polar surface area (TPSA) is 62.5 Å². The van der Waals surface area contributed by atoms with Gasteiger partial charge in [-0.25, -0.2) is 8.78 Å². The number of carbonyl (C=O) groups is 1. The lowest BCUT2D eigenvalue weighted by Gasteiger charge is -2.34. The fraction of sp³-hybridized carbons (Fsp3) is 0.438. The molecule has 1 aliphatic rings. The summed E-state index contributed by atoms with van der Waals surface area (Å²) in [4.78, 5) is 16.2. The number of nitrogens with zero attached hydrogens (tertiary/aromatic N) is 4. The van der Waals surface area contributed by atoms with Gasteiger partial charge < -0.3 is 9.32 Å². The molecule has 0 radical (unpaired) electrons. The van der Waals surface area contributed by atoms with Gasteiger partial charge >= 0.3 is 0 Å². The number of amides is 1. The lowest BCUT2D eigenvalue weighted by Crippen LogP contribution is -2.49. The van der Waals surface area contributed by atoms with Gasteiger partial charge in [0.1, 0.15) is 0 Å². The molecular weight excluding hydrogens is 318 g/mol. The van der Waals surface area contributed by atoms with E-state index in [1.165, 1.54) is 6.07 Å². The lowest BCUT2D eigenvalue weighted by atomic mass is 10.1. The third-order valence-corrected chi connectivity index (χ3v) is 4.04. The van der Waals surface area contributed by atoms with Crippen molar-refractivity contribution in [2.45, 2.75) is 13.3 Å². The van der Waals surface area contributed by atoms with Crippen molar-refractivity contribution in [3.05, 3.63) is 47.2 Å². The van der Waals surface area contributed by atoms with Crippen molar-refractivity contribution >= 4 is 5.91 Å². The van der Waals surface area contributed by atoms with Crippen LogP contribution in [0.1, 0.15) is 22.1 Å². The van der Waals surface area contributed by atoms with Gasteiger partial charge in [0, 0.05) is 51.6 Å². The highest BCUT2D eigenvalue weighted by molar-refractivity contribution is 5.94. The molecule has 2 heterocycles. The third-order valence-electron chi connectivity index (χ3n) is 4.04. The fourth-order valence-electron chi connectivity index (χ4n) is 2.68. The lowest BCUT2D eigenvalue weighted by molar-refractivity contribution is 0.0635. The highest BCUT2D eigenvalue weighted by Crippen LogP contribution is 2.13. The fourth-order valence-corrected chi connectivity index (χ4v) is 2.68. The first kappa shape index (κ1) is 16.5. The number of carbonyl (C=O) groups excluding carboxylic acids is 1. The van der Waals surface area contributed by atoms with Gasteiger partial charge in [0.2, 0.25) is 11.8 Å². The Morgan fingerprint density at radius 2 is 1.92 bits per heavy atom. The summed E-state index contributed by atoms with van der Waals surface area (Å²) in [6, 6.07) is 3.23. The average Bonchev–Trinajstić information content (AvgIpc) is 3.01. The molecule has 0 aliphatic carbocycles. The van der Waals surface area contributed by atoms with Gasteiger partial charge in [-0.3, -0.25) is 9.69 Å². The number of hydrogen-bond donors (Lipinski definition) is 0. The van der Waals surface area contributed by atoms with Crippen LogP contribution in [0, 0.1) is 18.6 Å². The van der Waals surface area contributed by atoms with Crippen LogP contribution in [0.2, 0.25) is 0 Å². The van der Waals surface area contributed by atoms with Crippen molar-refractivity contribution in [3.8, 4) is 0 Å². The molecule has 1 saturated heterocycles. The van der Waals surface area contributed by atoms with Crippen molar-refractivity contribution in [2.75, 3.05) is 32.7 Å². The molecule has 1 fully saturated rings. The molecule has 0 bridgehead atoms. The van der Waals surface area contributed by atoms with Crippen LogP contribution in [0.4, 0.5) is 8.78 Å². The third kappa shape index (κ3) is 3.76. The maximum absolute atomic E-state index is 13.3. The normalized spacial score (nSPS) is 15.7. The van der Waals surface area contributed by atoms with E-state index in [9.17, 15) is 13.6 Å². The predicted molar refractivity (Wildman–Crippen MR) is 81.4 cm³/mol. The van der Waals surface area contributed by atoms with E-state index in [2.05, 4.69) is 15.1 Å². The van der Waals surface area contributed by atoms with E-state index >= 15 is 0 Å². The van der Waals surface area contributed by atoms with Crippen LogP contribution < -0.4 is 0 Å². The van der Waals surface area contributed by atoms with Crippen LogP contribution in [0.3, 0.4) is 0 Å². The number of halogens is 2. The van der Waals surface area contributed by atoms with Gasteiger partial charge in [-0.05, 0) is 18.2 Å². The minimum Gasteiger partial charge on any atom is -0.426 e. The monoisotopic (exact) mass is 336 g/mol. The standard InChI is InChI=1S/C16H18F2N4O2/c1-11-19-20-15(24-11)4-5-21-6-8-22(9-7-21)16(23)12-2-3-13(17)14(18)10-12/h2-3,10H,4-9H2,1H3. The Bertz CT molecular complexity index is 727. The Balaban J connectivity index is 1.50. The Kier molecular flexibility index (Phi) is 4.84. The predicted octanol–water partition coefficient (Wildman–Crippen LogP) is 1.66. The van der Waals surface area contributed by atoms with E-state index in [1.54, 1.807) is 11.8 Å². The summed E-state index contributed by atoms with van der Waals surface area (Å²) in [5, 5.41) is 7.74. The summed E-state index contributed by atoms with van der Waals surface area (Å²) in [5.41, 5.74) is 0.170. The summed E-state index contributed by atoms with van der Waals surface area (Å²) < 4.78 is 31.5. The molecule has 0 saturated carbocycles. The second kappa shape index (κ2) is 7.04. The van der Waals surface area contributed by atoms with Gasteiger partial charge in [0.25, 0.3) is 5.91 Å². The maximum atomic E-state index is 13.3. The average molecular weight is 336 g/mol. The van der Waals surface area contributed by atoms with Crippen molar-refractivity contribution in [1.29, 1.82) is 0 Å². The second-order valence-electron chi connectivity index (χ2n) is 5.73. The molecule has 0 atom stereocenters.